The molecule has 0 aromatic heterocycles. The molecule has 158 valence electrons. The zero-order chi connectivity index (χ0) is 20.3. The molecule has 0 radical (unpaired) electrons. The van der Waals surface area contributed by atoms with Crippen molar-refractivity contribution in [1.82, 2.24) is 10.6 Å². The summed E-state index contributed by atoms with van der Waals surface area (Å²) in [7, 11) is 1.33. The molecule has 0 bridgehead atoms. The average molecular weight is 398 g/mol. The summed E-state index contributed by atoms with van der Waals surface area (Å²) in [5, 5.41) is 73.2. The highest BCUT2D eigenvalue weighted by Crippen LogP contribution is 2.28. The molecule has 13 nitrogen and oxygen atoms in total. The predicted octanol–water partition coefficient (Wildman–Crippen LogP) is -5.46. The maximum absolute atomic E-state index is 11.4. The van der Waals surface area contributed by atoms with Crippen molar-refractivity contribution in [2.75, 3.05) is 20.3 Å². The second-order valence-electron chi connectivity index (χ2n) is 6.28. The van der Waals surface area contributed by atoms with Crippen molar-refractivity contribution in [3.05, 3.63) is 0 Å². The number of rotatable bonds is 5. The van der Waals surface area contributed by atoms with Gasteiger partial charge in [0.2, 0.25) is 0 Å². The molecule has 10 atom stereocenters. The van der Waals surface area contributed by atoms with Gasteiger partial charge in [-0.1, -0.05) is 0 Å². The standard InChI is InChI=1S/C14H26N2O11/c1-15-14(24)16-12-9(22)8(21)11(5(3-18)25-12)27-13-10(23)7(20)6(19)4(2-17)26-13/h4-13,17-23H,2-3H2,1H3,(H2,15,16,24)/t4-,5-,6+,7+,8-,9-,10-,11-,12-,13+/m1/s1. The maximum atomic E-state index is 11.4. The fourth-order valence-corrected chi connectivity index (χ4v) is 2.91. The monoisotopic (exact) mass is 398 g/mol. The highest BCUT2D eigenvalue weighted by Gasteiger charge is 2.50. The molecule has 2 saturated heterocycles. The lowest BCUT2D eigenvalue weighted by Crippen LogP contribution is -2.67. The molecule has 0 spiro atoms. The molecular weight excluding hydrogens is 372 g/mol. The van der Waals surface area contributed by atoms with Crippen molar-refractivity contribution in [2.24, 2.45) is 0 Å². The summed E-state index contributed by atoms with van der Waals surface area (Å²) < 4.78 is 15.9. The van der Waals surface area contributed by atoms with Crippen LogP contribution < -0.4 is 10.6 Å². The zero-order valence-corrected chi connectivity index (χ0v) is 14.5. The molecule has 0 unspecified atom stereocenters. The van der Waals surface area contributed by atoms with Crippen molar-refractivity contribution in [2.45, 2.75) is 61.3 Å². The third-order valence-electron chi connectivity index (χ3n) is 4.50. The molecule has 0 aliphatic carbocycles. The van der Waals surface area contributed by atoms with Crippen LogP contribution in [0.1, 0.15) is 0 Å². The van der Waals surface area contributed by atoms with Crippen LogP contribution in [0.4, 0.5) is 4.79 Å². The van der Waals surface area contributed by atoms with Gasteiger partial charge in [-0.25, -0.2) is 4.79 Å². The van der Waals surface area contributed by atoms with E-state index in [1.807, 2.05) is 0 Å². The van der Waals surface area contributed by atoms with Crippen molar-refractivity contribution in [3.63, 3.8) is 0 Å². The first-order chi connectivity index (χ1) is 12.7. The van der Waals surface area contributed by atoms with E-state index in [0.29, 0.717) is 0 Å². The van der Waals surface area contributed by atoms with Crippen LogP contribution in [0, 0.1) is 0 Å². The van der Waals surface area contributed by atoms with Crippen LogP contribution in [0.15, 0.2) is 0 Å². The van der Waals surface area contributed by atoms with Crippen molar-refractivity contribution in [3.8, 4) is 0 Å². The highest BCUT2D eigenvalue weighted by atomic mass is 16.7. The summed E-state index contributed by atoms with van der Waals surface area (Å²) in [4.78, 5) is 11.4. The lowest BCUT2D eigenvalue weighted by molar-refractivity contribution is -0.342. The topological polar surface area (TPSA) is 210 Å². The Bertz CT molecular complexity index is 494. The van der Waals surface area contributed by atoms with Gasteiger partial charge in [-0.2, -0.15) is 0 Å². The molecule has 2 rings (SSSR count). The minimum Gasteiger partial charge on any atom is -0.394 e. The van der Waals surface area contributed by atoms with Crippen molar-refractivity contribution < 1.29 is 54.8 Å². The lowest BCUT2D eigenvalue weighted by atomic mass is 9.96. The molecule has 0 aromatic carbocycles. The zero-order valence-electron chi connectivity index (χ0n) is 14.5. The minimum atomic E-state index is -1.74. The molecule has 27 heavy (non-hydrogen) atoms. The van der Waals surface area contributed by atoms with E-state index >= 15 is 0 Å². The van der Waals surface area contributed by atoms with Crippen LogP contribution in [0.2, 0.25) is 0 Å². The fourth-order valence-electron chi connectivity index (χ4n) is 2.91. The number of aliphatic hydroxyl groups excluding tert-OH is 7. The predicted molar refractivity (Wildman–Crippen MR) is 84.0 cm³/mol. The Balaban J connectivity index is 2.11. The van der Waals surface area contributed by atoms with Gasteiger partial charge < -0.3 is 60.6 Å². The molecule has 0 saturated carbocycles. The average Bonchev–Trinajstić information content (AvgIpc) is 2.67. The first-order valence-electron chi connectivity index (χ1n) is 8.31. The number of hydrogen-bond donors (Lipinski definition) is 9. The lowest BCUT2D eigenvalue weighted by Gasteiger charge is -2.46. The van der Waals surface area contributed by atoms with E-state index in [-0.39, 0.29) is 0 Å². The molecule has 13 heteroatoms. The van der Waals surface area contributed by atoms with E-state index in [1.54, 1.807) is 0 Å². The Hall–Kier alpha value is -1.13. The number of hydrogen-bond acceptors (Lipinski definition) is 11. The van der Waals surface area contributed by atoms with Gasteiger partial charge >= 0.3 is 6.03 Å². The van der Waals surface area contributed by atoms with Crippen molar-refractivity contribution in [1.29, 1.82) is 0 Å². The first-order valence-corrected chi connectivity index (χ1v) is 8.31. The van der Waals surface area contributed by atoms with Crippen LogP contribution in [-0.4, -0.2) is 123 Å². The molecule has 9 N–H and O–H groups in total. The van der Waals surface area contributed by atoms with E-state index in [0.717, 1.165) is 0 Å². The number of nitrogens with one attached hydrogen (secondary N) is 2. The molecular formula is C14H26N2O11. The summed E-state index contributed by atoms with van der Waals surface area (Å²) in [6.45, 7) is -1.36. The number of aliphatic hydroxyl groups is 7. The normalized spacial score (nSPS) is 45.3. The van der Waals surface area contributed by atoms with E-state index in [9.17, 15) is 40.5 Å². The summed E-state index contributed by atoms with van der Waals surface area (Å²) in [6.07, 6.45) is -15.2. The molecule has 2 aliphatic heterocycles. The van der Waals surface area contributed by atoms with E-state index in [4.69, 9.17) is 14.2 Å². The van der Waals surface area contributed by atoms with Gasteiger partial charge in [-0.15, -0.1) is 0 Å². The Labute approximate surface area is 154 Å². The van der Waals surface area contributed by atoms with Crippen LogP contribution in [0.5, 0.6) is 0 Å². The Morgan fingerprint density at radius 2 is 1.52 bits per heavy atom. The number of amides is 2. The quantitative estimate of drug-likeness (QED) is 0.213. The Morgan fingerprint density at radius 3 is 2.07 bits per heavy atom. The van der Waals surface area contributed by atoms with E-state index in [1.165, 1.54) is 7.05 Å². The largest absolute Gasteiger partial charge is 0.394 e. The van der Waals surface area contributed by atoms with Crippen LogP contribution in [0.3, 0.4) is 0 Å². The van der Waals surface area contributed by atoms with E-state index in [2.05, 4.69) is 10.6 Å². The number of ether oxygens (including phenoxy) is 3. The summed E-state index contributed by atoms with van der Waals surface area (Å²) in [5.74, 6) is 0. The van der Waals surface area contributed by atoms with Crippen molar-refractivity contribution >= 4 is 6.03 Å². The van der Waals surface area contributed by atoms with Crippen LogP contribution >= 0.6 is 0 Å². The van der Waals surface area contributed by atoms with Crippen LogP contribution in [0.25, 0.3) is 0 Å². The first kappa shape index (κ1) is 22.2. The summed E-state index contributed by atoms with van der Waals surface area (Å²) in [6, 6.07) is -0.698. The second kappa shape index (κ2) is 9.38. The van der Waals surface area contributed by atoms with E-state index < -0.39 is 80.6 Å². The van der Waals surface area contributed by atoms with Gasteiger partial charge in [0, 0.05) is 7.05 Å². The fraction of sp³-hybridized carbons (Fsp3) is 0.929. The van der Waals surface area contributed by atoms with Gasteiger partial charge in [-0.3, -0.25) is 0 Å². The third-order valence-corrected chi connectivity index (χ3v) is 4.50. The number of urea groups is 1. The maximum Gasteiger partial charge on any atom is 0.316 e. The van der Waals surface area contributed by atoms with Gasteiger partial charge in [0.1, 0.15) is 48.8 Å². The Kier molecular flexibility index (Phi) is 7.70. The molecule has 2 aliphatic rings. The Morgan fingerprint density at radius 1 is 0.889 bits per heavy atom. The third kappa shape index (κ3) is 4.65. The smallest absolute Gasteiger partial charge is 0.316 e. The van der Waals surface area contributed by atoms with Gasteiger partial charge in [0.15, 0.2) is 12.5 Å². The summed E-state index contributed by atoms with van der Waals surface area (Å²) in [5.41, 5.74) is 0. The molecule has 2 amide bonds. The summed E-state index contributed by atoms with van der Waals surface area (Å²) >= 11 is 0. The highest BCUT2D eigenvalue weighted by molar-refractivity contribution is 5.73. The SMILES string of the molecule is CNC(=O)N[C@@H]1O[C@H](CO)[C@@H](O[C@@H]2O[C@H](CO)[C@H](O)[C@H](O)[C@H]2O)[C@H](O)[C@H]1O. The van der Waals surface area contributed by atoms with Gasteiger partial charge in [-0.05, 0) is 0 Å². The number of carbonyl (C=O) groups excluding carboxylic acids is 1. The van der Waals surface area contributed by atoms with Gasteiger partial charge in [0.05, 0.1) is 13.2 Å². The molecule has 2 fully saturated rings. The number of carbonyl (C=O) groups is 1. The second-order valence-corrected chi connectivity index (χ2v) is 6.28. The van der Waals surface area contributed by atoms with Crippen LogP contribution in [-0.2, 0) is 14.2 Å². The molecule has 0 aromatic rings. The van der Waals surface area contributed by atoms with Gasteiger partial charge in [0.25, 0.3) is 0 Å². The molecule has 2 heterocycles. The minimum absolute atomic E-state index is 0.682.